The van der Waals surface area contributed by atoms with Crippen molar-refractivity contribution in [3.8, 4) is 0 Å². The average molecular weight is 309 g/mol. The highest BCUT2D eigenvalue weighted by Crippen LogP contribution is 2.36. The minimum atomic E-state index is 0.0516. The zero-order valence-corrected chi connectivity index (χ0v) is 12.4. The first-order chi connectivity index (χ1) is 9.56. The second-order valence-corrected chi connectivity index (χ2v) is 6.22. The molecule has 2 aromatic rings. The Kier molecular flexibility index (Phi) is 3.35. The summed E-state index contributed by atoms with van der Waals surface area (Å²) >= 11 is 7.46. The summed E-state index contributed by atoms with van der Waals surface area (Å²) in [7, 11) is 0. The lowest BCUT2D eigenvalue weighted by Crippen LogP contribution is -2.25. The van der Waals surface area contributed by atoms with Crippen LogP contribution in [0.3, 0.4) is 0 Å². The molecule has 1 aromatic carbocycles. The molecule has 2 N–H and O–H groups in total. The first-order valence-corrected chi connectivity index (χ1v) is 7.40. The Morgan fingerprint density at radius 1 is 1.45 bits per heavy atom. The number of carbonyl (C=O) groups excluding carboxylic acids is 1. The molecule has 0 aliphatic carbocycles. The number of anilines is 2. The number of nitrogen functional groups attached to an aromatic ring is 1. The van der Waals surface area contributed by atoms with Gasteiger partial charge >= 0.3 is 0 Å². The molecule has 0 unspecified atom stereocenters. The SMILES string of the molecule is Cc1c(Cl)cccc1N1C[C@@H](c2nnc(N)s2)CC1=O. The Bertz CT molecular complexity index is 672. The monoisotopic (exact) mass is 308 g/mol. The van der Waals surface area contributed by atoms with Crippen LogP contribution >= 0.6 is 22.9 Å². The molecule has 1 atom stereocenters. The van der Waals surface area contributed by atoms with E-state index in [1.54, 1.807) is 4.90 Å². The van der Waals surface area contributed by atoms with Crippen molar-refractivity contribution in [1.82, 2.24) is 10.2 Å². The van der Waals surface area contributed by atoms with Gasteiger partial charge in [-0.3, -0.25) is 4.79 Å². The maximum atomic E-state index is 12.2. The third-order valence-electron chi connectivity index (χ3n) is 3.46. The number of carbonyl (C=O) groups is 1. The molecule has 0 bridgehead atoms. The number of hydrogen-bond donors (Lipinski definition) is 1. The maximum Gasteiger partial charge on any atom is 0.227 e. The van der Waals surface area contributed by atoms with Crippen LogP contribution in [0.1, 0.15) is 22.9 Å². The molecule has 1 aliphatic rings. The van der Waals surface area contributed by atoms with Crippen LogP contribution in [-0.4, -0.2) is 22.6 Å². The Morgan fingerprint density at radius 2 is 2.25 bits per heavy atom. The van der Waals surface area contributed by atoms with E-state index >= 15 is 0 Å². The largest absolute Gasteiger partial charge is 0.374 e. The zero-order valence-electron chi connectivity index (χ0n) is 10.8. The van der Waals surface area contributed by atoms with E-state index < -0.39 is 0 Å². The van der Waals surface area contributed by atoms with Gasteiger partial charge in [0.15, 0.2) is 0 Å². The number of hydrogen-bond acceptors (Lipinski definition) is 5. The predicted octanol–water partition coefficient (Wildman–Crippen LogP) is 2.60. The Morgan fingerprint density at radius 3 is 2.95 bits per heavy atom. The van der Waals surface area contributed by atoms with Crippen molar-refractivity contribution in [3.63, 3.8) is 0 Å². The molecular weight excluding hydrogens is 296 g/mol. The topological polar surface area (TPSA) is 72.1 Å². The molecule has 1 aromatic heterocycles. The highest BCUT2D eigenvalue weighted by Gasteiger charge is 2.34. The summed E-state index contributed by atoms with van der Waals surface area (Å²) in [5.41, 5.74) is 7.38. The number of rotatable bonds is 2. The van der Waals surface area contributed by atoms with Gasteiger partial charge in [0, 0.05) is 29.6 Å². The average Bonchev–Trinajstić information content (AvgIpc) is 2.99. The molecule has 5 nitrogen and oxygen atoms in total. The first-order valence-electron chi connectivity index (χ1n) is 6.20. The second-order valence-electron chi connectivity index (χ2n) is 4.77. The third kappa shape index (κ3) is 2.25. The van der Waals surface area contributed by atoms with Gasteiger partial charge in [0.1, 0.15) is 5.01 Å². The minimum Gasteiger partial charge on any atom is -0.374 e. The molecule has 0 spiro atoms. The summed E-state index contributed by atoms with van der Waals surface area (Å²) < 4.78 is 0. The summed E-state index contributed by atoms with van der Waals surface area (Å²) in [6.45, 7) is 2.51. The van der Waals surface area contributed by atoms with E-state index in [1.807, 2.05) is 25.1 Å². The van der Waals surface area contributed by atoms with Gasteiger partial charge in [-0.05, 0) is 24.6 Å². The van der Waals surface area contributed by atoms with E-state index in [9.17, 15) is 4.79 Å². The predicted molar refractivity (Wildman–Crippen MR) is 80.2 cm³/mol. The quantitative estimate of drug-likeness (QED) is 0.925. The number of benzene rings is 1. The molecule has 1 saturated heterocycles. The third-order valence-corrected chi connectivity index (χ3v) is 4.78. The molecule has 20 heavy (non-hydrogen) atoms. The molecule has 2 heterocycles. The molecule has 7 heteroatoms. The lowest BCUT2D eigenvalue weighted by Gasteiger charge is -2.19. The summed E-state index contributed by atoms with van der Waals surface area (Å²) in [6, 6.07) is 5.59. The second kappa shape index (κ2) is 5.03. The van der Waals surface area contributed by atoms with Crippen molar-refractivity contribution in [3.05, 3.63) is 33.8 Å². The molecular formula is C13H13ClN4OS. The fourth-order valence-corrected chi connectivity index (χ4v) is 3.28. The fraction of sp³-hybridized carbons (Fsp3) is 0.308. The van der Waals surface area contributed by atoms with Gasteiger partial charge < -0.3 is 10.6 Å². The van der Waals surface area contributed by atoms with Crippen LogP contribution in [-0.2, 0) is 4.79 Å². The maximum absolute atomic E-state index is 12.2. The first kappa shape index (κ1) is 13.3. The van der Waals surface area contributed by atoms with Gasteiger partial charge in [0.25, 0.3) is 0 Å². The molecule has 1 fully saturated rings. The number of aromatic nitrogens is 2. The fourth-order valence-electron chi connectivity index (χ4n) is 2.41. The molecule has 1 amide bonds. The van der Waals surface area contributed by atoms with Crippen LogP contribution in [0, 0.1) is 6.92 Å². The van der Waals surface area contributed by atoms with Crippen LogP contribution in [0.15, 0.2) is 18.2 Å². The van der Waals surface area contributed by atoms with Crippen molar-refractivity contribution < 1.29 is 4.79 Å². The van der Waals surface area contributed by atoms with Crippen molar-refractivity contribution in [1.29, 1.82) is 0 Å². The van der Waals surface area contributed by atoms with E-state index in [1.165, 1.54) is 11.3 Å². The molecule has 3 rings (SSSR count). The van der Waals surface area contributed by atoms with Crippen molar-refractivity contribution in [2.24, 2.45) is 0 Å². The Hall–Kier alpha value is -1.66. The van der Waals surface area contributed by atoms with Crippen LogP contribution in [0.2, 0.25) is 5.02 Å². The van der Waals surface area contributed by atoms with E-state index in [4.69, 9.17) is 17.3 Å². The van der Waals surface area contributed by atoms with Gasteiger partial charge in [-0.25, -0.2) is 0 Å². The summed E-state index contributed by atoms with van der Waals surface area (Å²) in [5.74, 6) is 0.129. The highest BCUT2D eigenvalue weighted by molar-refractivity contribution is 7.15. The van der Waals surface area contributed by atoms with Crippen molar-refractivity contribution in [2.45, 2.75) is 19.3 Å². The summed E-state index contributed by atoms with van der Waals surface area (Å²) in [6.07, 6.45) is 0.431. The van der Waals surface area contributed by atoms with Gasteiger partial charge in [-0.2, -0.15) is 0 Å². The number of halogens is 1. The Labute approximate surface area is 125 Å². The Balaban J connectivity index is 1.89. The van der Waals surface area contributed by atoms with Crippen LogP contribution in [0.4, 0.5) is 10.8 Å². The van der Waals surface area contributed by atoms with E-state index in [-0.39, 0.29) is 11.8 Å². The molecule has 0 radical (unpaired) electrons. The minimum absolute atomic E-state index is 0.0516. The van der Waals surface area contributed by atoms with E-state index in [2.05, 4.69) is 10.2 Å². The van der Waals surface area contributed by atoms with E-state index in [0.717, 1.165) is 16.3 Å². The highest BCUT2D eigenvalue weighted by atomic mass is 35.5. The molecule has 0 saturated carbocycles. The van der Waals surface area contributed by atoms with E-state index in [0.29, 0.717) is 23.1 Å². The zero-order chi connectivity index (χ0) is 14.3. The van der Waals surface area contributed by atoms with Gasteiger partial charge in [-0.15, -0.1) is 10.2 Å². The lowest BCUT2D eigenvalue weighted by molar-refractivity contribution is -0.117. The standard InChI is InChI=1S/C13H13ClN4OS/c1-7-9(14)3-2-4-10(7)18-6-8(5-11(18)19)12-16-17-13(15)20-12/h2-4,8H,5-6H2,1H3,(H2,15,17)/t8-/m0/s1. The number of nitrogens with two attached hydrogens (primary N) is 1. The number of nitrogens with zero attached hydrogens (tertiary/aromatic N) is 3. The van der Waals surface area contributed by atoms with Crippen molar-refractivity contribution in [2.75, 3.05) is 17.2 Å². The van der Waals surface area contributed by atoms with Gasteiger partial charge in [-0.1, -0.05) is 29.0 Å². The van der Waals surface area contributed by atoms with Crippen LogP contribution < -0.4 is 10.6 Å². The smallest absolute Gasteiger partial charge is 0.227 e. The normalized spacial score (nSPS) is 18.8. The lowest BCUT2D eigenvalue weighted by atomic mass is 10.1. The summed E-state index contributed by atoms with van der Waals surface area (Å²) in [5, 5.41) is 9.77. The van der Waals surface area contributed by atoms with Crippen molar-refractivity contribution >= 4 is 39.7 Å². The molecule has 104 valence electrons. The van der Waals surface area contributed by atoms with Crippen LogP contribution in [0.5, 0.6) is 0 Å². The number of amides is 1. The van der Waals surface area contributed by atoms with Gasteiger partial charge in [0.2, 0.25) is 11.0 Å². The summed E-state index contributed by atoms with van der Waals surface area (Å²) in [4.78, 5) is 14.0. The molecule has 1 aliphatic heterocycles. The van der Waals surface area contributed by atoms with Crippen LogP contribution in [0.25, 0.3) is 0 Å². The van der Waals surface area contributed by atoms with Gasteiger partial charge in [0.05, 0.1) is 0 Å².